The largest absolute Gasteiger partial charge is 0.443 e. The molecule has 2 aromatic rings. The molecule has 1 aliphatic rings. The summed E-state index contributed by atoms with van der Waals surface area (Å²) in [6.45, 7) is 0. The van der Waals surface area contributed by atoms with Gasteiger partial charge < -0.3 is 15.0 Å². The highest BCUT2D eigenvalue weighted by atomic mass is 35.5. The van der Waals surface area contributed by atoms with Crippen molar-refractivity contribution in [3.05, 3.63) is 58.9 Å². The fraction of sp³-hybridized carbons (Fsp3) is 0.250. The highest BCUT2D eigenvalue weighted by molar-refractivity contribution is 6.30. The van der Waals surface area contributed by atoms with Crippen LogP contribution < -0.4 is 5.32 Å². The van der Waals surface area contributed by atoms with Gasteiger partial charge in [0.2, 0.25) is 6.10 Å². The molecule has 1 saturated carbocycles. The quantitative estimate of drug-likeness (QED) is 0.833. The molecule has 2 N–H and O–H groups in total. The first-order valence-electron chi connectivity index (χ1n) is 7.03. The summed E-state index contributed by atoms with van der Waals surface area (Å²) in [5.74, 6) is -0.925. The molecule has 22 heavy (non-hydrogen) atoms. The van der Waals surface area contributed by atoms with Gasteiger partial charge >= 0.3 is 5.97 Å². The van der Waals surface area contributed by atoms with Crippen LogP contribution in [0.2, 0.25) is 5.02 Å². The number of rotatable bonds is 5. The normalized spacial score (nSPS) is 15.1. The molecule has 114 valence electrons. The fourth-order valence-corrected chi connectivity index (χ4v) is 2.23. The number of carbonyl (C=O) groups is 2. The van der Waals surface area contributed by atoms with E-state index < -0.39 is 12.1 Å². The van der Waals surface area contributed by atoms with Gasteiger partial charge in [-0.15, -0.1) is 0 Å². The van der Waals surface area contributed by atoms with Crippen molar-refractivity contribution in [2.75, 3.05) is 0 Å². The van der Waals surface area contributed by atoms with Crippen LogP contribution in [-0.2, 0) is 9.53 Å². The maximum absolute atomic E-state index is 12.3. The van der Waals surface area contributed by atoms with Gasteiger partial charge in [0.25, 0.3) is 5.91 Å². The summed E-state index contributed by atoms with van der Waals surface area (Å²) in [4.78, 5) is 27.2. The van der Waals surface area contributed by atoms with E-state index in [4.69, 9.17) is 16.3 Å². The van der Waals surface area contributed by atoms with Gasteiger partial charge in [0.15, 0.2) is 0 Å². The van der Waals surface area contributed by atoms with Crippen LogP contribution in [0.1, 0.15) is 35.0 Å². The van der Waals surface area contributed by atoms with Gasteiger partial charge in [-0.3, -0.25) is 4.79 Å². The summed E-state index contributed by atoms with van der Waals surface area (Å²) in [5, 5.41) is 3.27. The number of amides is 1. The Bertz CT molecular complexity index is 680. The Kier molecular flexibility index (Phi) is 4.15. The number of hydrogen-bond acceptors (Lipinski definition) is 3. The predicted molar refractivity (Wildman–Crippen MR) is 81.6 cm³/mol. The van der Waals surface area contributed by atoms with Crippen LogP contribution in [0.3, 0.4) is 0 Å². The molecule has 1 aromatic heterocycles. The van der Waals surface area contributed by atoms with Crippen molar-refractivity contribution in [2.45, 2.75) is 25.0 Å². The minimum atomic E-state index is -0.976. The van der Waals surface area contributed by atoms with Crippen LogP contribution in [0, 0.1) is 0 Å². The van der Waals surface area contributed by atoms with Gasteiger partial charge in [0.05, 0.1) is 5.02 Å². The van der Waals surface area contributed by atoms with Crippen LogP contribution in [0.25, 0.3) is 0 Å². The third-order valence-corrected chi connectivity index (χ3v) is 3.57. The van der Waals surface area contributed by atoms with E-state index >= 15 is 0 Å². The molecule has 1 heterocycles. The van der Waals surface area contributed by atoms with Gasteiger partial charge in [-0.2, -0.15) is 0 Å². The van der Waals surface area contributed by atoms with E-state index in [1.165, 1.54) is 12.3 Å². The van der Waals surface area contributed by atoms with Crippen molar-refractivity contribution in [3.63, 3.8) is 0 Å². The molecular formula is C16H15ClN2O3. The van der Waals surface area contributed by atoms with Gasteiger partial charge in [0.1, 0.15) is 5.69 Å². The summed E-state index contributed by atoms with van der Waals surface area (Å²) in [7, 11) is 0. The first kappa shape index (κ1) is 14.7. The number of ether oxygens (including phenoxy) is 1. The van der Waals surface area contributed by atoms with E-state index in [0.29, 0.717) is 10.6 Å². The number of hydrogen-bond donors (Lipinski definition) is 2. The second kappa shape index (κ2) is 6.23. The average Bonchev–Trinajstić information content (AvgIpc) is 3.23. The second-order valence-corrected chi connectivity index (χ2v) is 5.65. The monoisotopic (exact) mass is 318 g/mol. The maximum Gasteiger partial charge on any atom is 0.355 e. The maximum atomic E-state index is 12.3. The third-order valence-electron chi connectivity index (χ3n) is 3.36. The molecule has 0 saturated heterocycles. The molecule has 1 amide bonds. The molecule has 1 atom stereocenters. The lowest BCUT2D eigenvalue weighted by Crippen LogP contribution is -2.33. The molecule has 6 heteroatoms. The molecule has 0 spiro atoms. The van der Waals surface area contributed by atoms with Crippen molar-refractivity contribution in [1.82, 2.24) is 10.3 Å². The van der Waals surface area contributed by atoms with Crippen molar-refractivity contribution >= 4 is 23.5 Å². The SMILES string of the molecule is O=C(O[C@H](C(=O)NC1CC1)c1ccccc1)c1cc(Cl)c[nH]1. The Morgan fingerprint density at radius 2 is 2.00 bits per heavy atom. The third kappa shape index (κ3) is 3.49. The van der Waals surface area contributed by atoms with E-state index in [1.54, 1.807) is 24.3 Å². The number of halogens is 1. The Morgan fingerprint density at radius 1 is 1.27 bits per heavy atom. The van der Waals surface area contributed by atoms with Crippen LogP contribution in [-0.4, -0.2) is 22.9 Å². The predicted octanol–water partition coefficient (Wildman–Crippen LogP) is 2.84. The lowest BCUT2D eigenvalue weighted by Gasteiger charge is -2.17. The number of H-pyrrole nitrogens is 1. The summed E-state index contributed by atoms with van der Waals surface area (Å²) in [6.07, 6.45) is 2.44. The Labute approximate surface area is 132 Å². The number of nitrogens with one attached hydrogen (secondary N) is 2. The molecule has 5 nitrogen and oxygen atoms in total. The lowest BCUT2D eigenvalue weighted by atomic mass is 10.1. The second-order valence-electron chi connectivity index (χ2n) is 5.21. The minimum Gasteiger partial charge on any atom is -0.443 e. The van der Waals surface area contributed by atoms with Gasteiger partial charge in [-0.25, -0.2) is 4.79 Å². The van der Waals surface area contributed by atoms with Crippen LogP contribution in [0.15, 0.2) is 42.6 Å². The van der Waals surface area contributed by atoms with E-state index in [2.05, 4.69) is 10.3 Å². The molecular weight excluding hydrogens is 304 g/mol. The van der Waals surface area contributed by atoms with Crippen LogP contribution in [0.5, 0.6) is 0 Å². The van der Waals surface area contributed by atoms with E-state index in [-0.39, 0.29) is 17.6 Å². The van der Waals surface area contributed by atoms with Gasteiger partial charge in [-0.1, -0.05) is 41.9 Å². The topological polar surface area (TPSA) is 71.2 Å². The molecule has 0 aliphatic heterocycles. The van der Waals surface area contributed by atoms with E-state index in [9.17, 15) is 9.59 Å². The fourth-order valence-electron chi connectivity index (χ4n) is 2.06. The first-order chi connectivity index (χ1) is 10.6. The Balaban J connectivity index is 1.78. The number of aromatic nitrogens is 1. The number of esters is 1. The number of carbonyl (C=O) groups excluding carboxylic acids is 2. The summed E-state index contributed by atoms with van der Waals surface area (Å²) >= 11 is 5.78. The zero-order valence-electron chi connectivity index (χ0n) is 11.7. The first-order valence-corrected chi connectivity index (χ1v) is 7.41. The smallest absolute Gasteiger partial charge is 0.355 e. The molecule has 1 aromatic carbocycles. The van der Waals surface area contributed by atoms with Crippen LogP contribution >= 0.6 is 11.6 Å². The highest BCUT2D eigenvalue weighted by Crippen LogP contribution is 2.24. The highest BCUT2D eigenvalue weighted by Gasteiger charge is 2.31. The molecule has 0 unspecified atom stereocenters. The number of aromatic amines is 1. The Hall–Kier alpha value is -2.27. The molecule has 3 rings (SSSR count). The van der Waals surface area contributed by atoms with Crippen LogP contribution in [0.4, 0.5) is 0 Å². The standard InChI is InChI=1S/C16H15ClN2O3/c17-11-8-13(18-9-11)16(21)22-14(10-4-2-1-3-5-10)15(20)19-12-6-7-12/h1-5,8-9,12,14,18H,6-7H2,(H,19,20)/t14-/m0/s1. The molecule has 0 radical (unpaired) electrons. The van der Waals surface area contributed by atoms with E-state index in [1.807, 2.05) is 6.07 Å². The average molecular weight is 319 g/mol. The number of benzene rings is 1. The zero-order chi connectivity index (χ0) is 15.5. The Morgan fingerprint density at radius 3 is 2.59 bits per heavy atom. The summed E-state index contributed by atoms with van der Waals surface area (Å²) in [6, 6.07) is 10.6. The zero-order valence-corrected chi connectivity index (χ0v) is 12.5. The summed E-state index contributed by atoms with van der Waals surface area (Å²) in [5.41, 5.74) is 0.844. The lowest BCUT2D eigenvalue weighted by molar-refractivity contribution is -0.130. The molecule has 0 bridgehead atoms. The van der Waals surface area contributed by atoms with Crippen molar-refractivity contribution in [2.24, 2.45) is 0 Å². The van der Waals surface area contributed by atoms with Gasteiger partial charge in [-0.05, 0) is 18.9 Å². The molecule has 1 aliphatic carbocycles. The minimum absolute atomic E-state index is 0.192. The molecule has 1 fully saturated rings. The van der Waals surface area contributed by atoms with Crippen molar-refractivity contribution in [3.8, 4) is 0 Å². The summed E-state index contributed by atoms with van der Waals surface area (Å²) < 4.78 is 5.39. The van der Waals surface area contributed by atoms with Crippen molar-refractivity contribution in [1.29, 1.82) is 0 Å². The van der Waals surface area contributed by atoms with Gasteiger partial charge in [0, 0.05) is 17.8 Å². The van der Waals surface area contributed by atoms with Crippen molar-refractivity contribution < 1.29 is 14.3 Å². The van der Waals surface area contributed by atoms with E-state index in [0.717, 1.165) is 12.8 Å².